The number of pyridine rings is 1. The molecule has 0 aliphatic carbocycles. The summed E-state index contributed by atoms with van der Waals surface area (Å²) in [5.74, 6) is 1.00. The van der Waals surface area contributed by atoms with E-state index in [2.05, 4.69) is 32.7 Å². The Labute approximate surface area is 111 Å². The Balaban J connectivity index is 2.06. The van der Waals surface area contributed by atoms with Crippen molar-refractivity contribution in [2.75, 3.05) is 0 Å². The maximum Gasteiger partial charge on any atom is 0.106 e. The average Bonchev–Trinajstić information content (AvgIpc) is 2.74. The lowest BCUT2D eigenvalue weighted by Crippen LogP contribution is -2.11. The summed E-state index contributed by atoms with van der Waals surface area (Å²) in [4.78, 5) is 8.56. The van der Waals surface area contributed by atoms with Crippen LogP contribution in [0.4, 0.5) is 0 Å². The predicted molar refractivity (Wildman–Crippen MR) is 75.7 cm³/mol. The number of benzene rings is 1. The van der Waals surface area contributed by atoms with E-state index in [-0.39, 0.29) is 6.04 Å². The number of rotatable bonds is 2. The Morgan fingerprint density at radius 1 is 1.11 bits per heavy atom. The summed E-state index contributed by atoms with van der Waals surface area (Å²) in [5, 5.41) is 0. The number of nitrogens with zero attached hydrogens (tertiary/aromatic N) is 3. The third-order valence-corrected chi connectivity index (χ3v) is 3.55. The fourth-order valence-electron chi connectivity index (χ4n) is 2.29. The average molecular weight is 252 g/mol. The van der Waals surface area contributed by atoms with Crippen molar-refractivity contribution in [2.24, 2.45) is 12.8 Å². The van der Waals surface area contributed by atoms with E-state index in [1.165, 1.54) is 0 Å². The topological polar surface area (TPSA) is 56.7 Å². The monoisotopic (exact) mass is 252 g/mol. The molecule has 3 rings (SSSR count). The molecule has 0 aliphatic heterocycles. The minimum Gasteiger partial charge on any atom is -0.331 e. The molecule has 0 bridgehead atoms. The van der Waals surface area contributed by atoms with Gasteiger partial charge in [-0.1, -0.05) is 6.07 Å². The van der Waals surface area contributed by atoms with Gasteiger partial charge in [-0.2, -0.15) is 0 Å². The van der Waals surface area contributed by atoms with Crippen molar-refractivity contribution in [2.45, 2.75) is 13.0 Å². The first-order valence-corrected chi connectivity index (χ1v) is 6.25. The lowest BCUT2D eigenvalue weighted by atomic mass is 10.0. The Kier molecular flexibility index (Phi) is 2.80. The van der Waals surface area contributed by atoms with Crippen molar-refractivity contribution in [3.8, 4) is 0 Å². The lowest BCUT2D eigenvalue weighted by molar-refractivity contribution is 0.868. The molecule has 0 amide bonds. The van der Waals surface area contributed by atoms with Crippen LogP contribution >= 0.6 is 0 Å². The van der Waals surface area contributed by atoms with Crippen molar-refractivity contribution < 1.29 is 0 Å². The summed E-state index contributed by atoms with van der Waals surface area (Å²) >= 11 is 0. The molecule has 0 fully saturated rings. The molecule has 1 atom stereocenters. The van der Waals surface area contributed by atoms with Crippen molar-refractivity contribution in [1.82, 2.24) is 14.5 Å². The third-order valence-electron chi connectivity index (χ3n) is 3.55. The maximum absolute atomic E-state index is 6.29. The third kappa shape index (κ3) is 2.00. The molecule has 4 nitrogen and oxygen atoms in total. The zero-order valence-electron chi connectivity index (χ0n) is 11.0. The van der Waals surface area contributed by atoms with Crippen LogP contribution in [0.2, 0.25) is 0 Å². The highest BCUT2D eigenvalue weighted by molar-refractivity contribution is 5.77. The molecular weight excluding hydrogens is 236 g/mol. The molecule has 2 N–H and O–H groups in total. The fourth-order valence-corrected chi connectivity index (χ4v) is 2.29. The van der Waals surface area contributed by atoms with Gasteiger partial charge in [-0.15, -0.1) is 0 Å². The zero-order valence-corrected chi connectivity index (χ0v) is 11.0. The van der Waals surface area contributed by atoms with Crippen LogP contribution in [0.3, 0.4) is 0 Å². The fraction of sp³-hybridized carbons (Fsp3) is 0.200. The highest BCUT2D eigenvalue weighted by atomic mass is 15.0. The number of aromatic nitrogens is 3. The Hall–Kier alpha value is -2.20. The van der Waals surface area contributed by atoms with Gasteiger partial charge in [0.05, 0.1) is 17.1 Å². The molecule has 4 heteroatoms. The highest BCUT2D eigenvalue weighted by Gasteiger charge is 2.11. The summed E-state index contributed by atoms with van der Waals surface area (Å²) in [6.07, 6.45) is 3.53. The second-order valence-electron chi connectivity index (χ2n) is 4.72. The van der Waals surface area contributed by atoms with Gasteiger partial charge in [0.15, 0.2) is 0 Å². The highest BCUT2D eigenvalue weighted by Crippen LogP contribution is 2.23. The van der Waals surface area contributed by atoms with Crippen molar-refractivity contribution in [3.63, 3.8) is 0 Å². The van der Waals surface area contributed by atoms with Gasteiger partial charge < -0.3 is 10.3 Å². The van der Waals surface area contributed by atoms with E-state index in [9.17, 15) is 0 Å². The van der Waals surface area contributed by atoms with E-state index in [4.69, 9.17) is 5.73 Å². The largest absolute Gasteiger partial charge is 0.331 e. The molecule has 1 aromatic carbocycles. The van der Waals surface area contributed by atoms with Crippen LogP contribution in [0.25, 0.3) is 11.0 Å². The van der Waals surface area contributed by atoms with E-state index in [0.717, 1.165) is 28.0 Å². The van der Waals surface area contributed by atoms with Crippen LogP contribution in [-0.4, -0.2) is 14.5 Å². The molecule has 19 heavy (non-hydrogen) atoms. The zero-order chi connectivity index (χ0) is 13.4. The van der Waals surface area contributed by atoms with E-state index < -0.39 is 0 Å². The van der Waals surface area contributed by atoms with Crippen LogP contribution in [0.5, 0.6) is 0 Å². The molecule has 0 aliphatic rings. The SMILES string of the molecule is Cc1nc2cc(C(N)c3ccncc3)ccc2n1C. The molecule has 2 aromatic heterocycles. The van der Waals surface area contributed by atoms with Gasteiger partial charge in [0.2, 0.25) is 0 Å². The quantitative estimate of drug-likeness (QED) is 0.761. The Morgan fingerprint density at radius 2 is 1.84 bits per heavy atom. The van der Waals surface area contributed by atoms with Crippen LogP contribution in [0.15, 0.2) is 42.7 Å². The summed E-state index contributed by atoms with van der Waals surface area (Å²) < 4.78 is 2.08. The minimum absolute atomic E-state index is 0.144. The normalized spacial score (nSPS) is 12.8. The molecule has 0 saturated carbocycles. The summed E-state index contributed by atoms with van der Waals surface area (Å²) in [6.45, 7) is 2.00. The summed E-state index contributed by atoms with van der Waals surface area (Å²) in [6, 6.07) is 9.94. The standard InChI is InChI=1S/C15H16N4/c1-10-18-13-9-12(3-4-14(13)19(10)2)15(16)11-5-7-17-8-6-11/h3-9,15H,16H2,1-2H3. The van der Waals surface area contributed by atoms with E-state index in [0.29, 0.717) is 0 Å². The molecule has 0 spiro atoms. The smallest absolute Gasteiger partial charge is 0.106 e. The molecule has 96 valence electrons. The number of fused-ring (bicyclic) bond motifs is 1. The molecule has 0 saturated heterocycles. The second-order valence-corrected chi connectivity index (χ2v) is 4.72. The van der Waals surface area contributed by atoms with Gasteiger partial charge in [-0.05, 0) is 42.3 Å². The van der Waals surface area contributed by atoms with Crippen molar-refractivity contribution in [3.05, 3.63) is 59.7 Å². The minimum atomic E-state index is -0.144. The summed E-state index contributed by atoms with van der Waals surface area (Å²) in [7, 11) is 2.02. The van der Waals surface area contributed by atoms with E-state index in [1.807, 2.05) is 26.1 Å². The van der Waals surface area contributed by atoms with Crippen molar-refractivity contribution >= 4 is 11.0 Å². The van der Waals surface area contributed by atoms with Gasteiger partial charge >= 0.3 is 0 Å². The molecule has 0 radical (unpaired) electrons. The van der Waals surface area contributed by atoms with Gasteiger partial charge in [-0.3, -0.25) is 4.98 Å². The van der Waals surface area contributed by atoms with Crippen LogP contribution in [-0.2, 0) is 7.05 Å². The summed E-state index contributed by atoms with van der Waals surface area (Å²) in [5.41, 5.74) is 10.5. The number of hydrogen-bond acceptors (Lipinski definition) is 3. The first kappa shape index (κ1) is 11.9. The second kappa shape index (κ2) is 4.48. The van der Waals surface area contributed by atoms with E-state index >= 15 is 0 Å². The molecule has 1 unspecified atom stereocenters. The number of imidazole rings is 1. The van der Waals surface area contributed by atoms with E-state index in [1.54, 1.807) is 12.4 Å². The maximum atomic E-state index is 6.29. The Bertz CT molecular complexity index is 716. The van der Waals surface area contributed by atoms with Gasteiger partial charge in [-0.25, -0.2) is 4.98 Å². The molecule has 3 aromatic rings. The molecule has 2 heterocycles. The number of aryl methyl sites for hydroxylation is 2. The number of nitrogens with two attached hydrogens (primary N) is 1. The first-order chi connectivity index (χ1) is 9.16. The lowest BCUT2D eigenvalue weighted by Gasteiger charge is -2.12. The van der Waals surface area contributed by atoms with Crippen molar-refractivity contribution in [1.29, 1.82) is 0 Å². The van der Waals surface area contributed by atoms with Crippen LogP contribution in [0, 0.1) is 6.92 Å². The first-order valence-electron chi connectivity index (χ1n) is 6.25. The van der Waals surface area contributed by atoms with Gasteiger partial charge in [0.25, 0.3) is 0 Å². The van der Waals surface area contributed by atoms with Crippen LogP contribution < -0.4 is 5.73 Å². The van der Waals surface area contributed by atoms with Gasteiger partial charge in [0, 0.05) is 19.4 Å². The predicted octanol–water partition coefficient (Wildman–Crippen LogP) is 2.32. The molecular formula is C15H16N4. The van der Waals surface area contributed by atoms with Crippen LogP contribution in [0.1, 0.15) is 23.0 Å². The van der Waals surface area contributed by atoms with Gasteiger partial charge in [0.1, 0.15) is 5.82 Å². The Morgan fingerprint density at radius 3 is 2.58 bits per heavy atom. The number of hydrogen-bond donors (Lipinski definition) is 1.